The highest BCUT2D eigenvalue weighted by molar-refractivity contribution is 6.35. The molecule has 1 unspecified atom stereocenters. The zero-order valence-corrected chi connectivity index (χ0v) is 14.5. The molecule has 1 aliphatic rings. The first-order valence-corrected chi connectivity index (χ1v) is 7.60. The molecule has 7 heteroatoms. The monoisotopic (exact) mass is 364 g/mol. The van der Waals surface area contributed by atoms with Crippen LogP contribution < -0.4 is 15.4 Å². The average molecular weight is 366 g/mol. The van der Waals surface area contributed by atoms with Crippen LogP contribution in [0.5, 0.6) is 5.75 Å². The first-order valence-electron chi connectivity index (χ1n) is 6.84. The van der Waals surface area contributed by atoms with Gasteiger partial charge < -0.3 is 15.4 Å². The molecule has 4 nitrogen and oxygen atoms in total. The second-order valence-electron chi connectivity index (χ2n) is 4.87. The number of hydrogen-bond donors (Lipinski definition) is 2. The molecule has 0 saturated heterocycles. The lowest BCUT2D eigenvalue weighted by molar-refractivity contribution is -0.127. The molecule has 0 spiro atoms. The summed E-state index contributed by atoms with van der Waals surface area (Å²) in [5, 5.41) is 7.03. The van der Waals surface area contributed by atoms with Gasteiger partial charge in [-0.2, -0.15) is 0 Å². The van der Waals surface area contributed by atoms with Crippen molar-refractivity contribution in [2.75, 3.05) is 19.6 Å². The zero-order valence-electron chi connectivity index (χ0n) is 12.2. The van der Waals surface area contributed by atoms with E-state index in [-0.39, 0.29) is 18.3 Å². The fourth-order valence-electron chi connectivity index (χ4n) is 1.99. The number of hydrogen-bond acceptors (Lipinski definition) is 3. The van der Waals surface area contributed by atoms with E-state index in [0.717, 1.165) is 19.5 Å². The van der Waals surface area contributed by atoms with Crippen molar-refractivity contribution in [1.82, 2.24) is 10.6 Å². The molecule has 0 aliphatic carbocycles. The summed E-state index contributed by atoms with van der Waals surface area (Å²) in [7, 11) is 0. The average Bonchev–Trinajstić information content (AvgIpc) is 2.48. The third-order valence-corrected chi connectivity index (χ3v) is 3.75. The Kier molecular flexibility index (Phi) is 8.04. The van der Waals surface area contributed by atoms with E-state index in [1.54, 1.807) is 25.1 Å². The van der Waals surface area contributed by atoms with Crippen molar-refractivity contribution in [1.29, 1.82) is 0 Å². The van der Waals surface area contributed by atoms with Crippen LogP contribution in [0.3, 0.4) is 0 Å². The van der Waals surface area contributed by atoms with Crippen LogP contribution >= 0.6 is 35.6 Å². The molecule has 1 atom stereocenters. The highest BCUT2D eigenvalue weighted by Crippen LogP contribution is 2.28. The van der Waals surface area contributed by atoms with Crippen molar-refractivity contribution in [2.24, 2.45) is 0 Å². The largest absolute Gasteiger partial charge is 0.479 e. The van der Waals surface area contributed by atoms with Gasteiger partial charge in [0.2, 0.25) is 0 Å². The van der Waals surface area contributed by atoms with Crippen LogP contribution in [0.2, 0.25) is 10.0 Å². The predicted molar refractivity (Wildman–Crippen MR) is 92.4 cm³/mol. The highest BCUT2D eigenvalue weighted by Gasteiger charge is 2.16. The number of nitrogens with one attached hydrogen (secondary N) is 2. The second-order valence-corrected chi connectivity index (χ2v) is 5.71. The Hall–Kier alpha value is -0.940. The SMILES string of the molecule is CC(Oc1ccc(Cl)cc1Cl)C(=O)NCC1=CCNCC1.Cl. The Bertz CT molecular complexity index is 550. The number of carbonyl (C=O) groups excluding carboxylic acids is 1. The fourth-order valence-corrected chi connectivity index (χ4v) is 2.44. The molecule has 2 rings (SSSR count). The number of benzene rings is 1. The first kappa shape index (κ1) is 19.1. The van der Waals surface area contributed by atoms with Gasteiger partial charge in [-0.3, -0.25) is 4.79 Å². The van der Waals surface area contributed by atoms with Gasteiger partial charge in [0.05, 0.1) is 5.02 Å². The Balaban J connectivity index is 0.00000242. The third kappa shape index (κ3) is 5.69. The topological polar surface area (TPSA) is 50.4 Å². The van der Waals surface area contributed by atoms with Crippen LogP contribution in [0.4, 0.5) is 0 Å². The van der Waals surface area contributed by atoms with Crippen molar-refractivity contribution in [3.05, 3.63) is 39.9 Å². The molecule has 2 N–H and O–H groups in total. The lowest BCUT2D eigenvalue weighted by Gasteiger charge is -2.18. The minimum atomic E-state index is -0.619. The van der Waals surface area contributed by atoms with Crippen molar-refractivity contribution >= 4 is 41.5 Å². The summed E-state index contributed by atoms with van der Waals surface area (Å²) in [6, 6.07) is 4.92. The highest BCUT2D eigenvalue weighted by atomic mass is 35.5. The van der Waals surface area contributed by atoms with E-state index in [9.17, 15) is 4.79 Å². The van der Waals surface area contributed by atoms with Crippen molar-refractivity contribution in [2.45, 2.75) is 19.4 Å². The van der Waals surface area contributed by atoms with E-state index in [1.165, 1.54) is 5.57 Å². The summed E-state index contributed by atoms with van der Waals surface area (Å²) in [5.41, 5.74) is 1.24. The first-order chi connectivity index (χ1) is 10.1. The van der Waals surface area contributed by atoms with Crippen LogP contribution in [0.1, 0.15) is 13.3 Å². The zero-order chi connectivity index (χ0) is 15.2. The number of rotatable bonds is 5. The molecule has 1 amide bonds. The summed E-state index contributed by atoms with van der Waals surface area (Å²) >= 11 is 11.8. The Labute approximate surface area is 146 Å². The van der Waals surface area contributed by atoms with Crippen molar-refractivity contribution < 1.29 is 9.53 Å². The van der Waals surface area contributed by atoms with E-state index in [0.29, 0.717) is 22.3 Å². The molecule has 0 radical (unpaired) electrons. The maximum Gasteiger partial charge on any atom is 0.261 e. The van der Waals surface area contributed by atoms with E-state index in [2.05, 4.69) is 16.7 Å². The van der Waals surface area contributed by atoms with Gasteiger partial charge in [-0.25, -0.2) is 0 Å². The quantitative estimate of drug-likeness (QED) is 0.788. The van der Waals surface area contributed by atoms with Gasteiger partial charge in [0.1, 0.15) is 5.75 Å². The summed E-state index contributed by atoms with van der Waals surface area (Å²) in [5.74, 6) is 0.283. The van der Waals surface area contributed by atoms with E-state index in [1.807, 2.05) is 0 Å². The summed E-state index contributed by atoms with van der Waals surface area (Å²) in [4.78, 5) is 12.0. The molecular weight excluding hydrogens is 347 g/mol. The molecule has 1 aromatic rings. The molecule has 22 heavy (non-hydrogen) atoms. The van der Waals surface area contributed by atoms with Gasteiger partial charge in [0, 0.05) is 18.1 Å². The number of halogens is 3. The van der Waals surface area contributed by atoms with Gasteiger partial charge in [-0.05, 0) is 38.1 Å². The number of amides is 1. The minimum absolute atomic E-state index is 0. The maximum absolute atomic E-state index is 12.0. The fraction of sp³-hybridized carbons (Fsp3) is 0.400. The lowest BCUT2D eigenvalue weighted by atomic mass is 10.1. The summed E-state index contributed by atoms with van der Waals surface area (Å²) in [6.45, 7) is 4.06. The van der Waals surface area contributed by atoms with E-state index >= 15 is 0 Å². The molecule has 0 saturated carbocycles. The van der Waals surface area contributed by atoms with Crippen LogP contribution in [-0.2, 0) is 4.79 Å². The smallest absolute Gasteiger partial charge is 0.261 e. The Morgan fingerprint density at radius 2 is 2.23 bits per heavy atom. The Morgan fingerprint density at radius 3 is 2.86 bits per heavy atom. The van der Waals surface area contributed by atoms with Gasteiger partial charge in [-0.1, -0.05) is 34.9 Å². The molecule has 0 aromatic heterocycles. The number of carbonyl (C=O) groups is 1. The van der Waals surface area contributed by atoms with Crippen LogP contribution in [-0.4, -0.2) is 31.6 Å². The minimum Gasteiger partial charge on any atom is -0.479 e. The van der Waals surface area contributed by atoms with Crippen LogP contribution in [0.15, 0.2) is 29.8 Å². The van der Waals surface area contributed by atoms with Gasteiger partial charge in [-0.15, -0.1) is 12.4 Å². The maximum atomic E-state index is 12.0. The molecule has 1 aliphatic heterocycles. The van der Waals surface area contributed by atoms with Crippen molar-refractivity contribution in [3.63, 3.8) is 0 Å². The van der Waals surface area contributed by atoms with Gasteiger partial charge >= 0.3 is 0 Å². The molecular formula is C15H19Cl3N2O2. The van der Waals surface area contributed by atoms with Gasteiger partial charge in [0.25, 0.3) is 5.91 Å². The molecule has 1 aromatic carbocycles. The molecule has 0 fully saturated rings. The molecule has 122 valence electrons. The van der Waals surface area contributed by atoms with E-state index < -0.39 is 6.10 Å². The normalized spacial score (nSPS) is 15.3. The third-order valence-electron chi connectivity index (χ3n) is 3.21. The van der Waals surface area contributed by atoms with Crippen LogP contribution in [0.25, 0.3) is 0 Å². The predicted octanol–water partition coefficient (Wildman–Crippen LogP) is 3.22. The summed E-state index contributed by atoms with van der Waals surface area (Å²) < 4.78 is 5.57. The van der Waals surface area contributed by atoms with Crippen molar-refractivity contribution in [3.8, 4) is 5.75 Å². The molecule has 1 heterocycles. The van der Waals surface area contributed by atoms with E-state index in [4.69, 9.17) is 27.9 Å². The standard InChI is InChI=1S/C15H18Cl2N2O2.ClH/c1-10(21-14-3-2-12(16)8-13(14)17)15(20)19-9-11-4-6-18-7-5-11;/h2-4,8,10,18H,5-7,9H2,1H3,(H,19,20);1H. The molecule has 0 bridgehead atoms. The summed E-state index contributed by atoms with van der Waals surface area (Å²) in [6.07, 6.45) is 2.44. The number of ether oxygens (including phenoxy) is 1. The lowest BCUT2D eigenvalue weighted by Crippen LogP contribution is -2.38. The Morgan fingerprint density at radius 1 is 1.45 bits per heavy atom. The van der Waals surface area contributed by atoms with Crippen LogP contribution in [0, 0.1) is 0 Å². The second kappa shape index (κ2) is 9.26. The van der Waals surface area contributed by atoms with Gasteiger partial charge in [0.15, 0.2) is 6.10 Å².